The summed E-state index contributed by atoms with van der Waals surface area (Å²) in [6.07, 6.45) is 4.48. The minimum absolute atomic E-state index is 0.0481. The van der Waals surface area contributed by atoms with E-state index in [1.165, 1.54) is 12.8 Å². The van der Waals surface area contributed by atoms with Crippen molar-refractivity contribution < 1.29 is 9.53 Å². The maximum absolute atomic E-state index is 12.4. The lowest BCUT2D eigenvalue weighted by atomic mass is 9.84. The molecule has 2 heterocycles. The highest BCUT2D eigenvalue weighted by Gasteiger charge is 2.54. The van der Waals surface area contributed by atoms with Crippen LogP contribution in [0.1, 0.15) is 46.5 Å². The molecule has 2 fully saturated rings. The molecular formula is C14H26N2O2. The lowest BCUT2D eigenvalue weighted by Gasteiger charge is -2.40. The van der Waals surface area contributed by atoms with Crippen LogP contribution in [0.3, 0.4) is 0 Å². The molecular weight excluding hydrogens is 228 g/mol. The van der Waals surface area contributed by atoms with Crippen LogP contribution in [-0.4, -0.2) is 48.2 Å². The number of esters is 1. The molecule has 2 saturated heterocycles. The third-order valence-electron chi connectivity index (χ3n) is 4.16. The third kappa shape index (κ3) is 2.41. The molecule has 2 atom stereocenters. The van der Waals surface area contributed by atoms with Gasteiger partial charge in [0.2, 0.25) is 0 Å². The molecule has 0 aromatic heterocycles. The number of ether oxygens (including phenoxy) is 1. The van der Waals surface area contributed by atoms with Gasteiger partial charge in [-0.25, -0.2) is 4.79 Å². The average Bonchev–Trinajstić information content (AvgIpc) is 2.70. The Morgan fingerprint density at radius 3 is 2.89 bits per heavy atom. The lowest BCUT2D eigenvalue weighted by Crippen LogP contribution is -2.63. The molecule has 0 radical (unpaired) electrons. The fourth-order valence-electron chi connectivity index (χ4n) is 3.54. The van der Waals surface area contributed by atoms with E-state index >= 15 is 0 Å². The molecule has 0 aromatic rings. The second-order valence-electron chi connectivity index (χ2n) is 5.79. The van der Waals surface area contributed by atoms with Crippen molar-refractivity contribution in [2.45, 2.75) is 64.1 Å². The van der Waals surface area contributed by atoms with Crippen molar-refractivity contribution >= 4 is 5.97 Å². The minimum Gasteiger partial charge on any atom is -0.465 e. The van der Waals surface area contributed by atoms with E-state index in [2.05, 4.69) is 24.1 Å². The van der Waals surface area contributed by atoms with Gasteiger partial charge in [0, 0.05) is 18.6 Å². The van der Waals surface area contributed by atoms with Crippen molar-refractivity contribution in [2.24, 2.45) is 0 Å². The Labute approximate surface area is 110 Å². The highest BCUT2D eigenvalue weighted by molar-refractivity contribution is 5.82. The molecule has 2 rings (SSSR count). The molecule has 0 amide bonds. The quantitative estimate of drug-likeness (QED) is 0.773. The Morgan fingerprint density at radius 1 is 1.44 bits per heavy atom. The van der Waals surface area contributed by atoms with E-state index in [0.29, 0.717) is 18.7 Å². The van der Waals surface area contributed by atoms with E-state index in [1.54, 1.807) is 0 Å². The number of hydrogen-bond donors (Lipinski definition) is 1. The molecule has 104 valence electrons. The van der Waals surface area contributed by atoms with Gasteiger partial charge >= 0.3 is 5.97 Å². The predicted molar refractivity (Wildman–Crippen MR) is 71.5 cm³/mol. The molecule has 18 heavy (non-hydrogen) atoms. The molecule has 4 heteroatoms. The second kappa shape index (κ2) is 5.57. The summed E-state index contributed by atoms with van der Waals surface area (Å²) < 4.78 is 5.35. The maximum Gasteiger partial charge on any atom is 0.328 e. The monoisotopic (exact) mass is 254 g/mol. The van der Waals surface area contributed by atoms with E-state index in [9.17, 15) is 4.79 Å². The second-order valence-corrected chi connectivity index (χ2v) is 5.79. The molecule has 0 aromatic carbocycles. The number of fused-ring (bicyclic) bond motifs is 1. The van der Waals surface area contributed by atoms with Crippen LogP contribution >= 0.6 is 0 Å². The van der Waals surface area contributed by atoms with Crippen LogP contribution in [-0.2, 0) is 9.53 Å². The topological polar surface area (TPSA) is 41.6 Å². The molecule has 4 nitrogen and oxygen atoms in total. The molecule has 0 saturated carbocycles. The van der Waals surface area contributed by atoms with E-state index in [-0.39, 0.29) is 5.97 Å². The fraction of sp³-hybridized carbons (Fsp3) is 0.929. The van der Waals surface area contributed by atoms with Crippen molar-refractivity contribution in [1.82, 2.24) is 10.2 Å². The Morgan fingerprint density at radius 2 is 2.22 bits per heavy atom. The zero-order valence-corrected chi connectivity index (χ0v) is 11.9. The number of carbonyl (C=O) groups is 1. The third-order valence-corrected chi connectivity index (χ3v) is 4.16. The van der Waals surface area contributed by atoms with Gasteiger partial charge in [0.25, 0.3) is 0 Å². The van der Waals surface area contributed by atoms with Crippen molar-refractivity contribution in [2.75, 3.05) is 19.7 Å². The summed E-state index contributed by atoms with van der Waals surface area (Å²) in [6.45, 7) is 8.70. The Hall–Kier alpha value is -0.610. The van der Waals surface area contributed by atoms with Crippen LogP contribution in [0, 0.1) is 0 Å². The van der Waals surface area contributed by atoms with Gasteiger partial charge in [-0.3, -0.25) is 10.2 Å². The van der Waals surface area contributed by atoms with Crippen molar-refractivity contribution in [3.05, 3.63) is 0 Å². The zero-order valence-electron chi connectivity index (χ0n) is 11.9. The van der Waals surface area contributed by atoms with Crippen LogP contribution in [0.25, 0.3) is 0 Å². The molecule has 0 bridgehead atoms. The van der Waals surface area contributed by atoms with Crippen molar-refractivity contribution in [3.8, 4) is 0 Å². The smallest absolute Gasteiger partial charge is 0.328 e. The SMILES string of the molecule is CCOC(=O)C1(NC(C)C)CCN2CCCCC21. The summed E-state index contributed by atoms with van der Waals surface area (Å²) in [5.41, 5.74) is -0.468. The summed E-state index contributed by atoms with van der Waals surface area (Å²) in [5, 5.41) is 3.52. The maximum atomic E-state index is 12.4. The van der Waals surface area contributed by atoms with Crippen LogP contribution < -0.4 is 5.32 Å². The first-order chi connectivity index (χ1) is 8.60. The van der Waals surface area contributed by atoms with Gasteiger partial charge in [-0.1, -0.05) is 6.42 Å². The molecule has 1 N–H and O–H groups in total. The summed E-state index contributed by atoms with van der Waals surface area (Å²) in [6, 6.07) is 0.629. The first-order valence-corrected chi connectivity index (χ1v) is 7.29. The zero-order chi connectivity index (χ0) is 13.2. The number of rotatable bonds is 4. The van der Waals surface area contributed by atoms with E-state index in [1.807, 2.05) is 6.92 Å². The van der Waals surface area contributed by atoms with Gasteiger partial charge < -0.3 is 4.74 Å². The largest absolute Gasteiger partial charge is 0.465 e. The van der Waals surface area contributed by atoms with Gasteiger partial charge in [-0.05, 0) is 46.6 Å². The number of nitrogens with one attached hydrogen (secondary N) is 1. The van der Waals surface area contributed by atoms with Gasteiger partial charge in [0.05, 0.1) is 6.61 Å². The predicted octanol–water partition coefficient (Wildman–Crippen LogP) is 1.54. The van der Waals surface area contributed by atoms with Crippen molar-refractivity contribution in [3.63, 3.8) is 0 Å². The Bertz CT molecular complexity index is 306. The van der Waals surface area contributed by atoms with Crippen LogP contribution in [0.15, 0.2) is 0 Å². The van der Waals surface area contributed by atoms with Crippen LogP contribution in [0.2, 0.25) is 0 Å². The first kappa shape index (κ1) is 13.8. The normalized spacial score (nSPS) is 32.6. The van der Waals surface area contributed by atoms with Gasteiger partial charge in [-0.15, -0.1) is 0 Å². The van der Waals surface area contributed by atoms with Crippen LogP contribution in [0.5, 0.6) is 0 Å². The number of nitrogens with zero attached hydrogens (tertiary/aromatic N) is 1. The molecule has 2 aliphatic heterocycles. The van der Waals surface area contributed by atoms with E-state index in [4.69, 9.17) is 4.74 Å². The van der Waals surface area contributed by atoms with Crippen LogP contribution in [0.4, 0.5) is 0 Å². The molecule has 0 spiro atoms. The van der Waals surface area contributed by atoms with E-state index in [0.717, 1.165) is 25.9 Å². The van der Waals surface area contributed by atoms with Crippen molar-refractivity contribution in [1.29, 1.82) is 0 Å². The number of hydrogen-bond acceptors (Lipinski definition) is 4. The molecule has 2 unspecified atom stereocenters. The minimum atomic E-state index is -0.468. The highest BCUT2D eigenvalue weighted by Crippen LogP contribution is 2.36. The van der Waals surface area contributed by atoms with Gasteiger partial charge in [-0.2, -0.15) is 0 Å². The summed E-state index contributed by atoms with van der Waals surface area (Å²) in [5.74, 6) is -0.0481. The number of piperidine rings is 1. The first-order valence-electron chi connectivity index (χ1n) is 7.29. The average molecular weight is 254 g/mol. The molecule has 2 aliphatic rings. The standard InChI is InChI=1S/C14H26N2O2/c1-4-18-13(17)14(15-11(2)3)8-10-16-9-6-5-7-12(14)16/h11-12,15H,4-10H2,1-3H3. The Kier molecular flexibility index (Phi) is 4.28. The van der Waals surface area contributed by atoms with Gasteiger partial charge in [0.1, 0.15) is 5.54 Å². The summed E-state index contributed by atoms with van der Waals surface area (Å²) >= 11 is 0. The molecule has 0 aliphatic carbocycles. The summed E-state index contributed by atoms with van der Waals surface area (Å²) in [7, 11) is 0. The summed E-state index contributed by atoms with van der Waals surface area (Å²) in [4.78, 5) is 14.9. The Balaban J connectivity index is 2.21. The number of carbonyl (C=O) groups excluding carboxylic acids is 1. The van der Waals surface area contributed by atoms with Gasteiger partial charge in [0.15, 0.2) is 0 Å². The highest BCUT2D eigenvalue weighted by atomic mass is 16.5. The lowest BCUT2D eigenvalue weighted by molar-refractivity contribution is -0.153. The van der Waals surface area contributed by atoms with E-state index < -0.39 is 5.54 Å². The fourth-order valence-corrected chi connectivity index (χ4v) is 3.54.